The largest absolute Gasteiger partial charge is 0.371 e. The second-order valence-corrected chi connectivity index (χ2v) is 6.25. The Labute approximate surface area is 119 Å². The van der Waals surface area contributed by atoms with Gasteiger partial charge in [-0.25, -0.2) is 0 Å². The van der Waals surface area contributed by atoms with Gasteiger partial charge in [-0.1, -0.05) is 22.0 Å². The molecule has 0 unspecified atom stereocenters. The van der Waals surface area contributed by atoms with Crippen molar-refractivity contribution < 1.29 is 0 Å². The Hall–Kier alpha value is -0.540. The number of hydrogen-bond donors (Lipinski definition) is 1. The maximum Gasteiger partial charge on any atom is 0.0407 e. The van der Waals surface area contributed by atoms with Crippen LogP contribution in [0.25, 0.3) is 0 Å². The Bertz CT molecular complexity index is 397. The van der Waals surface area contributed by atoms with Gasteiger partial charge in [-0.3, -0.25) is 0 Å². The van der Waals surface area contributed by atoms with E-state index in [-0.39, 0.29) is 0 Å². The summed E-state index contributed by atoms with van der Waals surface area (Å²) in [6, 6.07) is 7.94. The van der Waals surface area contributed by atoms with Gasteiger partial charge in [-0.15, -0.1) is 0 Å². The van der Waals surface area contributed by atoms with Gasteiger partial charge in [0, 0.05) is 29.3 Å². The van der Waals surface area contributed by atoms with Crippen LogP contribution >= 0.6 is 15.9 Å². The van der Waals surface area contributed by atoms with Gasteiger partial charge in [0.25, 0.3) is 0 Å². The summed E-state index contributed by atoms with van der Waals surface area (Å²) in [5, 5.41) is 3.40. The van der Waals surface area contributed by atoms with Crippen molar-refractivity contribution >= 4 is 21.6 Å². The molecule has 0 atom stereocenters. The van der Waals surface area contributed by atoms with E-state index in [9.17, 15) is 0 Å². The zero-order valence-electron chi connectivity index (χ0n) is 11.5. The number of halogens is 1. The van der Waals surface area contributed by atoms with E-state index < -0.39 is 0 Å². The Morgan fingerprint density at radius 2 is 1.89 bits per heavy atom. The lowest BCUT2D eigenvalue weighted by Crippen LogP contribution is -2.40. The van der Waals surface area contributed by atoms with Crippen molar-refractivity contribution in [1.82, 2.24) is 5.32 Å². The maximum absolute atomic E-state index is 3.57. The number of aryl methyl sites for hydroxylation is 1. The Kier molecular flexibility index (Phi) is 4.68. The number of hydrogen-bond acceptors (Lipinski definition) is 2. The zero-order valence-corrected chi connectivity index (χ0v) is 13.1. The first-order valence-corrected chi connectivity index (χ1v) is 7.57. The van der Waals surface area contributed by atoms with Crippen molar-refractivity contribution in [2.75, 3.05) is 19.0 Å². The molecule has 0 amide bonds. The third kappa shape index (κ3) is 3.07. The summed E-state index contributed by atoms with van der Waals surface area (Å²) >= 11 is 3.57. The molecule has 0 aromatic heterocycles. The fourth-order valence-electron chi connectivity index (χ4n) is 2.91. The van der Waals surface area contributed by atoms with Crippen LogP contribution in [0.4, 0.5) is 5.69 Å². The highest BCUT2D eigenvalue weighted by Crippen LogP contribution is 2.30. The highest BCUT2D eigenvalue weighted by Gasteiger charge is 2.23. The lowest BCUT2D eigenvalue weighted by atomic mass is 9.90. The van der Waals surface area contributed by atoms with E-state index in [0.29, 0.717) is 6.04 Å². The number of rotatable bonds is 3. The van der Waals surface area contributed by atoms with E-state index in [0.717, 1.165) is 6.04 Å². The first kappa shape index (κ1) is 13.9. The second-order valence-electron chi connectivity index (χ2n) is 5.34. The van der Waals surface area contributed by atoms with Crippen LogP contribution in [-0.2, 0) is 0 Å². The average molecular weight is 311 g/mol. The SMILES string of the molecule is CNC1CCC(N(C)c2cc(Br)ccc2C)CC1. The Balaban J connectivity index is 2.07. The molecule has 1 fully saturated rings. The Morgan fingerprint density at radius 3 is 2.50 bits per heavy atom. The monoisotopic (exact) mass is 310 g/mol. The van der Waals surface area contributed by atoms with Crippen LogP contribution in [0.15, 0.2) is 22.7 Å². The summed E-state index contributed by atoms with van der Waals surface area (Å²) in [4.78, 5) is 2.46. The summed E-state index contributed by atoms with van der Waals surface area (Å²) in [6.45, 7) is 2.19. The molecule has 2 rings (SSSR count). The van der Waals surface area contributed by atoms with Crippen LogP contribution in [0.2, 0.25) is 0 Å². The fraction of sp³-hybridized carbons (Fsp3) is 0.600. The lowest BCUT2D eigenvalue weighted by molar-refractivity contribution is 0.351. The third-order valence-electron chi connectivity index (χ3n) is 4.20. The van der Waals surface area contributed by atoms with E-state index in [1.54, 1.807) is 0 Å². The molecule has 1 aromatic rings. The summed E-state index contributed by atoms with van der Waals surface area (Å²) in [5.41, 5.74) is 2.72. The predicted molar refractivity (Wildman–Crippen MR) is 82.4 cm³/mol. The topological polar surface area (TPSA) is 15.3 Å². The molecule has 0 aliphatic heterocycles. The minimum absolute atomic E-state index is 0.683. The van der Waals surface area contributed by atoms with Gasteiger partial charge in [0.2, 0.25) is 0 Å². The highest BCUT2D eigenvalue weighted by molar-refractivity contribution is 9.10. The standard InChI is InChI=1S/C15H23BrN2/c1-11-4-5-12(16)10-15(11)18(3)14-8-6-13(17-2)7-9-14/h4-5,10,13-14,17H,6-9H2,1-3H3. The van der Waals surface area contributed by atoms with Crippen LogP contribution in [0.3, 0.4) is 0 Å². The van der Waals surface area contributed by atoms with Gasteiger partial charge in [-0.05, 0) is 57.4 Å². The molecular weight excluding hydrogens is 288 g/mol. The number of nitrogens with zero attached hydrogens (tertiary/aromatic N) is 1. The maximum atomic E-state index is 3.57. The van der Waals surface area contributed by atoms with Crippen molar-refractivity contribution in [2.45, 2.75) is 44.7 Å². The fourth-order valence-corrected chi connectivity index (χ4v) is 3.26. The molecule has 2 nitrogen and oxygen atoms in total. The average Bonchev–Trinajstić information content (AvgIpc) is 2.41. The first-order chi connectivity index (χ1) is 8.61. The van der Waals surface area contributed by atoms with E-state index in [4.69, 9.17) is 0 Å². The molecule has 0 saturated heterocycles. The van der Waals surface area contributed by atoms with Gasteiger partial charge in [-0.2, -0.15) is 0 Å². The summed E-state index contributed by atoms with van der Waals surface area (Å²) in [5.74, 6) is 0. The molecule has 0 radical (unpaired) electrons. The zero-order chi connectivity index (χ0) is 13.1. The molecular formula is C15H23BrN2. The molecule has 1 aliphatic rings. The lowest BCUT2D eigenvalue weighted by Gasteiger charge is -2.36. The quantitative estimate of drug-likeness (QED) is 0.915. The molecule has 100 valence electrons. The summed E-state index contributed by atoms with van der Waals surface area (Å²) in [6.07, 6.45) is 5.15. The van der Waals surface area contributed by atoms with Crippen LogP contribution in [0.5, 0.6) is 0 Å². The minimum atomic E-state index is 0.683. The van der Waals surface area contributed by atoms with Crippen molar-refractivity contribution in [1.29, 1.82) is 0 Å². The van der Waals surface area contributed by atoms with Gasteiger partial charge < -0.3 is 10.2 Å². The molecule has 1 saturated carbocycles. The van der Waals surface area contributed by atoms with Crippen LogP contribution < -0.4 is 10.2 Å². The number of nitrogens with one attached hydrogen (secondary N) is 1. The number of anilines is 1. The van der Waals surface area contributed by atoms with Gasteiger partial charge in [0.1, 0.15) is 0 Å². The molecule has 0 heterocycles. The molecule has 0 bridgehead atoms. The van der Waals surface area contributed by atoms with Crippen molar-refractivity contribution in [2.24, 2.45) is 0 Å². The summed E-state index contributed by atoms with van der Waals surface area (Å²) < 4.78 is 1.17. The van der Waals surface area contributed by atoms with E-state index in [1.165, 1.54) is 41.4 Å². The van der Waals surface area contributed by atoms with Crippen LogP contribution in [-0.4, -0.2) is 26.2 Å². The highest BCUT2D eigenvalue weighted by atomic mass is 79.9. The predicted octanol–water partition coefficient (Wildman–Crippen LogP) is 3.72. The second kappa shape index (κ2) is 6.07. The molecule has 1 N–H and O–H groups in total. The van der Waals surface area contributed by atoms with Gasteiger partial charge in [0.05, 0.1) is 0 Å². The van der Waals surface area contributed by atoms with E-state index >= 15 is 0 Å². The summed E-state index contributed by atoms with van der Waals surface area (Å²) in [7, 11) is 4.31. The van der Waals surface area contributed by atoms with Crippen LogP contribution in [0.1, 0.15) is 31.2 Å². The first-order valence-electron chi connectivity index (χ1n) is 6.78. The van der Waals surface area contributed by atoms with E-state index in [1.807, 2.05) is 0 Å². The third-order valence-corrected chi connectivity index (χ3v) is 4.70. The molecule has 3 heteroatoms. The van der Waals surface area contributed by atoms with Gasteiger partial charge >= 0.3 is 0 Å². The molecule has 0 spiro atoms. The van der Waals surface area contributed by atoms with Crippen LogP contribution in [0, 0.1) is 6.92 Å². The molecule has 18 heavy (non-hydrogen) atoms. The van der Waals surface area contributed by atoms with E-state index in [2.05, 4.69) is 65.4 Å². The van der Waals surface area contributed by atoms with Gasteiger partial charge in [0.15, 0.2) is 0 Å². The normalized spacial score (nSPS) is 24.0. The number of benzene rings is 1. The minimum Gasteiger partial charge on any atom is -0.371 e. The van der Waals surface area contributed by atoms with Crippen molar-refractivity contribution in [3.63, 3.8) is 0 Å². The van der Waals surface area contributed by atoms with Crippen molar-refractivity contribution in [3.05, 3.63) is 28.2 Å². The Morgan fingerprint density at radius 1 is 1.22 bits per heavy atom. The smallest absolute Gasteiger partial charge is 0.0407 e. The molecule has 1 aromatic carbocycles. The molecule has 1 aliphatic carbocycles. The van der Waals surface area contributed by atoms with Crippen molar-refractivity contribution in [3.8, 4) is 0 Å².